The summed E-state index contributed by atoms with van der Waals surface area (Å²) in [5.74, 6) is -2.64. The predicted octanol–water partition coefficient (Wildman–Crippen LogP) is -14.2. The maximum atomic E-state index is 12.7. The Morgan fingerprint density at radius 1 is 0.475 bits per heavy atom. The van der Waals surface area contributed by atoms with Crippen LogP contribution < -0.4 is 16.0 Å². The average molecular weight is 1200 g/mol. The van der Waals surface area contributed by atoms with Crippen LogP contribution in [-0.2, 0) is 76.3 Å². The number of ether oxygens (including phenoxy) is 10. The van der Waals surface area contributed by atoms with E-state index in [9.17, 15) is 114 Å². The third-order valence-corrected chi connectivity index (χ3v) is 13.9. The van der Waals surface area contributed by atoms with Crippen LogP contribution in [0.3, 0.4) is 0 Å². The Bertz CT molecular complexity index is 2070. The zero-order valence-electron chi connectivity index (χ0n) is 42.7. The standard InChI is InChI=1S/C42H73N3O34S/c1-11(52)43-14(4-46)33(23(56)15(55)5-47)75-41-31(64)36(25(58)17(7-49)71-41)78-38-21(44-12(2)53)27(60)34(19(9-51)73-38)76-42-32(65)37(26(59)18(8-50)72-42)79-39-22(45-13(3)54)28(61)35(20(74-39)10-69-80(66,67)68)77-40-30(63)29(62)24(57)16(6-48)70-40/h14-42,46-51,55-65H,4-10H2,1-3H3,(H,43,52)(H,44,53)(H,45,54)(H,66,67,68)/t14-,15+,16+,17+,18+,19+,20+,21+,22+,23-,24-,25-,26-,27+,28+,29-,30+,31+,32+,33+,34+,35+,36-,37-,38-,39-,40-,41-,42-/m0/s1. The summed E-state index contributed by atoms with van der Waals surface area (Å²) in [7, 11) is -5.34. The normalized spacial score (nSPS) is 42.4. The number of amides is 3. The Balaban J connectivity index is 1.42. The molecule has 5 heterocycles. The Labute approximate surface area is 453 Å². The number of hydrogen-bond donors (Lipinski definition) is 21. The van der Waals surface area contributed by atoms with Crippen LogP contribution in [0.1, 0.15) is 20.8 Å². The van der Waals surface area contributed by atoms with Gasteiger partial charge in [0.15, 0.2) is 31.5 Å². The number of hydrogen-bond acceptors (Lipinski definition) is 33. The van der Waals surface area contributed by atoms with E-state index in [-0.39, 0.29) is 0 Å². The van der Waals surface area contributed by atoms with Crippen LogP contribution >= 0.6 is 0 Å². The molecule has 0 saturated carbocycles. The first-order valence-corrected chi connectivity index (χ1v) is 26.0. The maximum absolute atomic E-state index is 12.7. The van der Waals surface area contributed by atoms with Crippen molar-refractivity contribution in [3.8, 4) is 0 Å². The van der Waals surface area contributed by atoms with Crippen LogP contribution in [0, 0.1) is 0 Å². The second-order valence-corrected chi connectivity index (χ2v) is 20.3. The number of nitrogens with one attached hydrogen (secondary N) is 3. The molecule has 0 aromatic heterocycles. The van der Waals surface area contributed by atoms with Gasteiger partial charge >= 0.3 is 10.4 Å². The monoisotopic (exact) mass is 1200 g/mol. The van der Waals surface area contributed by atoms with Gasteiger partial charge in [0.05, 0.1) is 52.3 Å². The van der Waals surface area contributed by atoms with E-state index in [1.54, 1.807) is 0 Å². The van der Waals surface area contributed by atoms with Gasteiger partial charge in [0.2, 0.25) is 17.7 Å². The van der Waals surface area contributed by atoms with Crippen molar-refractivity contribution in [1.82, 2.24) is 16.0 Å². The van der Waals surface area contributed by atoms with Crippen LogP contribution in [0.4, 0.5) is 0 Å². The van der Waals surface area contributed by atoms with E-state index in [1.165, 1.54) is 0 Å². The highest BCUT2D eigenvalue weighted by Crippen LogP contribution is 2.37. The third-order valence-electron chi connectivity index (χ3n) is 13.5. The van der Waals surface area contributed by atoms with Crippen molar-refractivity contribution < 1.29 is 166 Å². The Kier molecular flexibility index (Phi) is 25.3. The lowest BCUT2D eigenvalue weighted by Gasteiger charge is -2.50. The minimum atomic E-state index is -5.34. The predicted molar refractivity (Wildman–Crippen MR) is 247 cm³/mol. The highest BCUT2D eigenvalue weighted by atomic mass is 32.3. The van der Waals surface area contributed by atoms with Gasteiger partial charge in [-0.3, -0.25) is 18.9 Å². The smallest absolute Gasteiger partial charge is 0.394 e. The molecular formula is C42H73N3O34S. The molecule has 0 radical (unpaired) electrons. The molecule has 5 fully saturated rings. The fourth-order valence-corrected chi connectivity index (χ4v) is 9.77. The molecule has 38 heteroatoms. The zero-order chi connectivity index (χ0) is 59.8. The lowest BCUT2D eigenvalue weighted by molar-refractivity contribution is -0.383. The van der Waals surface area contributed by atoms with E-state index in [4.69, 9.17) is 47.4 Å². The van der Waals surface area contributed by atoms with Gasteiger partial charge in [-0.15, -0.1) is 0 Å². The van der Waals surface area contributed by atoms with E-state index >= 15 is 0 Å². The van der Waals surface area contributed by atoms with E-state index in [2.05, 4.69) is 20.1 Å². The molecule has 0 unspecified atom stereocenters. The van der Waals surface area contributed by atoms with Gasteiger partial charge in [-0.25, -0.2) is 4.18 Å². The molecule has 0 spiro atoms. The Hall–Kier alpha value is -2.80. The molecule has 29 atom stereocenters. The molecule has 0 aliphatic carbocycles. The number of aliphatic hydroxyl groups is 17. The largest absolute Gasteiger partial charge is 0.397 e. The van der Waals surface area contributed by atoms with Gasteiger partial charge in [0.1, 0.15) is 140 Å². The quantitative estimate of drug-likeness (QED) is 0.0378. The fourth-order valence-electron chi connectivity index (χ4n) is 9.46. The first-order chi connectivity index (χ1) is 37.6. The fraction of sp³-hybridized carbons (Fsp3) is 0.929. The average Bonchev–Trinajstić information content (AvgIpc) is 3.40. The molecule has 5 saturated heterocycles. The summed E-state index contributed by atoms with van der Waals surface area (Å²) in [5.41, 5.74) is 0. The van der Waals surface area contributed by atoms with Gasteiger partial charge in [-0.2, -0.15) is 8.42 Å². The number of carbonyl (C=O) groups is 3. The first kappa shape index (κ1) is 68.0. The Morgan fingerprint density at radius 3 is 1.30 bits per heavy atom. The summed E-state index contributed by atoms with van der Waals surface area (Å²) in [5, 5.41) is 189. The SMILES string of the molecule is CC(=O)N[C@H]1[C@H](O[C@H]2[C@@H](O)[C@@H](CO)O[C@@H](O[C@H]3[C@H](O)[C@@H](NC(C)=O)[C@H](O[C@H]4[C@@H](O)[C@@H](CO)O[C@@H](O[C@@H]([C@@H](O)[C@H](O)CO)[C@H](CO)NC(C)=O)[C@@H]4O)O[C@@H]3CO)[C@@H]2O)O[C@H](COS(=O)(=O)O)[C@@H](O[C@@H]2O[C@H](CO)[C@H](O)[C@H](O)[C@H]2O)[C@@H]1O. The summed E-state index contributed by atoms with van der Waals surface area (Å²) in [4.78, 5) is 37.2. The first-order valence-electron chi connectivity index (χ1n) is 24.7. The lowest BCUT2D eigenvalue weighted by Crippen LogP contribution is -2.70. The van der Waals surface area contributed by atoms with Crippen molar-refractivity contribution >= 4 is 28.1 Å². The summed E-state index contributed by atoms with van der Waals surface area (Å²) in [6.45, 7) is -4.70. The van der Waals surface area contributed by atoms with E-state index < -0.39 is 252 Å². The number of rotatable bonds is 25. The topological polar surface area (TPSA) is 587 Å². The van der Waals surface area contributed by atoms with E-state index in [0.29, 0.717) is 0 Å². The second kappa shape index (κ2) is 29.8. The molecule has 0 aromatic rings. The lowest BCUT2D eigenvalue weighted by atomic mass is 9.94. The molecule has 466 valence electrons. The van der Waals surface area contributed by atoms with Gasteiger partial charge in [-0.05, 0) is 0 Å². The number of aliphatic hydroxyl groups excluding tert-OH is 17. The highest BCUT2D eigenvalue weighted by molar-refractivity contribution is 7.80. The summed E-state index contributed by atoms with van der Waals surface area (Å²) >= 11 is 0. The van der Waals surface area contributed by atoms with Crippen molar-refractivity contribution in [3.05, 3.63) is 0 Å². The summed E-state index contributed by atoms with van der Waals surface area (Å²) in [6.07, 6.45) is -53.2. The Morgan fingerprint density at radius 2 is 0.875 bits per heavy atom. The van der Waals surface area contributed by atoms with Crippen molar-refractivity contribution in [1.29, 1.82) is 0 Å². The minimum absolute atomic E-state index is 0.782. The molecule has 3 amide bonds. The number of carbonyl (C=O) groups excluding carboxylic acids is 3. The van der Waals surface area contributed by atoms with Crippen LogP contribution in [0.15, 0.2) is 0 Å². The maximum Gasteiger partial charge on any atom is 0.397 e. The molecular weight excluding hydrogens is 1120 g/mol. The molecule has 0 aromatic carbocycles. The molecule has 5 aliphatic heterocycles. The van der Waals surface area contributed by atoms with Crippen LogP contribution in [0.25, 0.3) is 0 Å². The molecule has 0 bridgehead atoms. The van der Waals surface area contributed by atoms with Gasteiger partial charge < -0.3 is 150 Å². The molecule has 5 rings (SSSR count). The second-order valence-electron chi connectivity index (χ2n) is 19.3. The molecule has 5 aliphatic rings. The highest BCUT2D eigenvalue weighted by Gasteiger charge is 2.58. The van der Waals surface area contributed by atoms with Crippen LogP contribution in [0.2, 0.25) is 0 Å². The van der Waals surface area contributed by atoms with Gasteiger partial charge in [0, 0.05) is 20.8 Å². The van der Waals surface area contributed by atoms with E-state index in [1.807, 2.05) is 0 Å². The third kappa shape index (κ3) is 16.3. The van der Waals surface area contributed by atoms with Crippen LogP contribution in [0.5, 0.6) is 0 Å². The van der Waals surface area contributed by atoms with E-state index in [0.717, 1.165) is 20.8 Å². The summed E-state index contributed by atoms with van der Waals surface area (Å²) in [6, 6.07) is -5.38. The van der Waals surface area contributed by atoms with Crippen molar-refractivity contribution in [3.63, 3.8) is 0 Å². The minimum Gasteiger partial charge on any atom is -0.394 e. The van der Waals surface area contributed by atoms with Crippen molar-refractivity contribution in [2.75, 3.05) is 46.2 Å². The molecule has 80 heavy (non-hydrogen) atoms. The summed E-state index contributed by atoms with van der Waals surface area (Å²) < 4.78 is 94.7. The molecule has 21 N–H and O–H groups in total. The van der Waals surface area contributed by atoms with Crippen molar-refractivity contribution in [2.24, 2.45) is 0 Å². The van der Waals surface area contributed by atoms with Gasteiger partial charge in [-0.1, -0.05) is 0 Å². The van der Waals surface area contributed by atoms with Crippen molar-refractivity contribution in [2.45, 2.75) is 199 Å². The zero-order valence-corrected chi connectivity index (χ0v) is 43.5. The van der Waals surface area contributed by atoms with Crippen LogP contribution in [-0.4, -0.2) is 342 Å². The molecule has 37 nitrogen and oxygen atoms in total. The van der Waals surface area contributed by atoms with Gasteiger partial charge in [0.25, 0.3) is 0 Å².